The fourth-order valence-corrected chi connectivity index (χ4v) is 3.86. The van der Waals surface area contributed by atoms with Crippen molar-refractivity contribution >= 4 is 5.69 Å². The number of rotatable bonds is 3. The number of benzene rings is 1. The SMILES string of the molecule is Nc1cccc(CN2CCCC2C2CCCC2)c1F. The van der Waals surface area contributed by atoms with Crippen molar-refractivity contribution in [2.24, 2.45) is 5.92 Å². The van der Waals surface area contributed by atoms with Crippen LogP contribution in [0, 0.1) is 11.7 Å². The van der Waals surface area contributed by atoms with Crippen molar-refractivity contribution in [3.8, 4) is 0 Å². The van der Waals surface area contributed by atoms with Gasteiger partial charge in [0.05, 0.1) is 5.69 Å². The van der Waals surface area contributed by atoms with Crippen LogP contribution < -0.4 is 5.73 Å². The van der Waals surface area contributed by atoms with E-state index in [0.717, 1.165) is 24.6 Å². The first-order valence-corrected chi connectivity index (χ1v) is 7.52. The fraction of sp³-hybridized carbons (Fsp3) is 0.625. The first-order chi connectivity index (χ1) is 9.25. The van der Waals surface area contributed by atoms with Crippen molar-refractivity contribution in [3.05, 3.63) is 29.6 Å². The van der Waals surface area contributed by atoms with Gasteiger partial charge in [0.1, 0.15) is 0 Å². The van der Waals surface area contributed by atoms with Crippen molar-refractivity contribution in [2.45, 2.75) is 51.1 Å². The van der Waals surface area contributed by atoms with Crippen molar-refractivity contribution in [1.29, 1.82) is 0 Å². The molecule has 0 amide bonds. The molecule has 2 aliphatic rings. The predicted octanol–water partition coefficient (Wildman–Crippen LogP) is 3.56. The summed E-state index contributed by atoms with van der Waals surface area (Å²) in [4.78, 5) is 2.48. The summed E-state index contributed by atoms with van der Waals surface area (Å²) in [5.41, 5.74) is 6.69. The molecule has 2 fully saturated rings. The standard InChI is InChI=1S/C16H23FN2/c17-16-13(7-3-8-14(16)18)11-19-10-4-9-15(19)12-5-1-2-6-12/h3,7-8,12,15H,1-2,4-6,9-11,18H2. The molecule has 2 nitrogen and oxygen atoms in total. The molecule has 1 saturated carbocycles. The van der Waals surface area contributed by atoms with Gasteiger partial charge in [-0.1, -0.05) is 25.0 Å². The lowest BCUT2D eigenvalue weighted by atomic mass is 9.95. The highest BCUT2D eigenvalue weighted by Crippen LogP contribution is 2.36. The number of likely N-dealkylation sites (tertiary alicyclic amines) is 1. The van der Waals surface area contributed by atoms with Gasteiger partial charge in [0.2, 0.25) is 0 Å². The molecule has 0 radical (unpaired) electrons. The van der Waals surface area contributed by atoms with Gasteiger partial charge < -0.3 is 5.73 Å². The molecule has 19 heavy (non-hydrogen) atoms. The highest BCUT2D eigenvalue weighted by Gasteiger charge is 2.33. The third kappa shape index (κ3) is 2.62. The Morgan fingerprint density at radius 1 is 1.16 bits per heavy atom. The number of anilines is 1. The summed E-state index contributed by atoms with van der Waals surface area (Å²) >= 11 is 0. The third-order valence-corrected chi connectivity index (χ3v) is 4.84. The van der Waals surface area contributed by atoms with Crippen LogP contribution in [0.4, 0.5) is 10.1 Å². The average molecular weight is 262 g/mol. The molecule has 1 saturated heterocycles. The molecule has 0 bridgehead atoms. The zero-order valence-electron chi connectivity index (χ0n) is 11.4. The Balaban J connectivity index is 1.72. The van der Waals surface area contributed by atoms with E-state index in [9.17, 15) is 4.39 Å². The summed E-state index contributed by atoms with van der Waals surface area (Å²) in [5.74, 6) is 0.617. The van der Waals surface area contributed by atoms with Gasteiger partial charge in [-0.2, -0.15) is 0 Å². The molecular weight excluding hydrogens is 239 g/mol. The zero-order chi connectivity index (χ0) is 13.2. The topological polar surface area (TPSA) is 29.3 Å². The Kier molecular flexibility index (Phi) is 3.74. The average Bonchev–Trinajstić information content (AvgIpc) is 3.05. The van der Waals surface area contributed by atoms with E-state index in [-0.39, 0.29) is 11.5 Å². The van der Waals surface area contributed by atoms with Crippen molar-refractivity contribution in [3.63, 3.8) is 0 Å². The number of nitrogens with zero attached hydrogens (tertiary/aromatic N) is 1. The minimum absolute atomic E-state index is 0.223. The molecule has 104 valence electrons. The Bertz CT molecular complexity index is 440. The van der Waals surface area contributed by atoms with E-state index >= 15 is 0 Å². The lowest BCUT2D eigenvalue weighted by Crippen LogP contribution is -2.34. The Morgan fingerprint density at radius 2 is 1.95 bits per heavy atom. The second kappa shape index (κ2) is 5.49. The second-order valence-corrected chi connectivity index (χ2v) is 6.04. The fourth-order valence-electron chi connectivity index (χ4n) is 3.86. The normalized spacial score (nSPS) is 25.2. The van der Waals surface area contributed by atoms with E-state index in [1.165, 1.54) is 38.5 Å². The van der Waals surface area contributed by atoms with Gasteiger partial charge in [-0.05, 0) is 44.2 Å². The molecule has 0 aromatic heterocycles. The summed E-state index contributed by atoms with van der Waals surface area (Å²) < 4.78 is 14.0. The number of nitrogen functional groups attached to an aromatic ring is 1. The van der Waals surface area contributed by atoms with E-state index in [2.05, 4.69) is 4.90 Å². The first-order valence-electron chi connectivity index (χ1n) is 7.52. The number of hydrogen-bond donors (Lipinski definition) is 1. The molecule has 1 heterocycles. The molecule has 2 N–H and O–H groups in total. The third-order valence-electron chi connectivity index (χ3n) is 4.84. The van der Waals surface area contributed by atoms with Crippen LogP contribution in [-0.4, -0.2) is 17.5 Å². The quantitative estimate of drug-likeness (QED) is 0.844. The Morgan fingerprint density at radius 3 is 2.74 bits per heavy atom. The van der Waals surface area contributed by atoms with Crippen LogP contribution in [-0.2, 0) is 6.54 Å². The van der Waals surface area contributed by atoms with Gasteiger partial charge in [-0.3, -0.25) is 4.90 Å². The van der Waals surface area contributed by atoms with E-state index in [4.69, 9.17) is 5.73 Å². The largest absolute Gasteiger partial charge is 0.396 e. The molecule has 1 aromatic carbocycles. The van der Waals surface area contributed by atoms with Crippen molar-refractivity contribution in [1.82, 2.24) is 4.90 Å². The molecule has 1 unspecified atom stereocenters. The summed E-state index contributed by atoms with van der Waals surface area (Å²) in [6.07, 6.45) is 8.02. The van der Waals surface area contributed by atoms with Gasteiger partial charge in [-0.25, -0.2) is 4.39 Å². The maximum atomic E-state index is 14.0. The molecule has 1 atom stereocenters. The summed E-state index contributed by atoms with van der Waals surface area (Å²) in [7, 11) is 0. The number of nitrogens with two attached hydrogens (primary N) is 1. The van der Waals surface area contributed by atoms with Crippen LogP contribution >= 0.6 is 0 Å². The molecule has 1 aromatic rings. The van der Waals surface area contributed by atoms with Gasteiger partial charge in [0, 0.05) is 18.2 Å². The molecule has 3 rings (SSSR count). The first kappa shape index (κ1) is 12.9. The van der Waals surface area contributed by atoms with Crippen LogP contribution in [0.1, 0.15) is 44.1 Å². The Labute approximate surface area is 114 Å². The second-order valence-electron chi connectivity index (χ2n) is 6.04. The van der Waals surface area contributed by atoms with E-state index in [1.807, 2.05) is 12.1 Å². The lowest BCUT2D eigenvalue weighted by Gasteiger charge is -2.29. The zero-order valence-corrected chi connectivity index (χ0v) is 11.4. The van der Waals surface area contributed by atoms with Crippen molar-refractivity contribution < 1.29 is 4.39 Å². The molecule has 3 heteroatoms. The van der Waals surface area contributed by atoms with Crippen LogP contribution in [0.15, 0.2) is 18.2 Å². The highest BCUT2D eigenvalue weighted by atomic mass is 19.1. The summed E-state index contributed by atoms with van der Waals surface area (Å²) in [6.45, 7) is 1.83. The van der Waals surface area contributed by atoms with Crippen LogP contribution in [0.3, 0.4) is 0 Å². The van der Waals surface area contributed by atoms with Gasteiger partial charge in [0.25, 0.3) is 0 Å². The van der Waals surface area contributed by atoms with Gasteiger partial charge in [-0.15, -0.1) is 0 Å². The van der Waals surface area contributed by atoms with Crippen LogP contribution in [0.2, 0.25) is 0 Å². The molecular formula is C16H23FN2. The molecule has 1 aliphatic carbocycles. The maximum Gasteiger partial charge on any atom is 0.150 e. The molecule has 1 aliphatic heterocycles. The van der Waals surface area contributed by atoms with Crippen LogP contribution in [0.25, 0.3) is 0 Å². The monoisotopic (exact) mass is 262 g/mol. The van der Waals surface area contributed by atoms with E-state index in [1.54, 1.807) is 6.07 Å². The Hall–Kier alpha value is -1.09. The van der Waals surface area contributed by atoms with E-state index < -0.39 is 0 Å². The van der Waals surface area contributed by atoms with Crippen molar-refractivity contribution in [2.75, 3.05) is 12.3 Å². The van der Waals surface area contributed by atoms with Gasteiger partial charge in [0.15, 0.2) is 5.82 Å². The maximum absolute atomic E-state index is 14.0. The summed E-state index contributed by atoms with van der Waals surface area (Å²) in [5, 5.41) is 0. The molecule has 0 spiro atoms. The van der Waals surface area contributed by atoms with Crippen LogP contribution in [0.5, 0.6) is 0 Å². The van der Waals surface area contributed by atoms with Gasteiger partial charge >= 0.3 is 0 Å². The predicted molar refractivity (Wildman–Crippen MR) is 76.2 cm³/mol. The minimum atomic E-state index is -0.223. The summed E-state index contributed by atoms with van der Waals surface area (Å²) in [6, 6.07) is 6.03. The minimum Gasteiger partial charge on any atom is -0.396 e. The smallest absolute Gasteiger partial charge is 0.150 e. The highest BCUT2D eigenvalue weighted by molar-refractivity contribution is 5.42. The number of halogens is 1. The van der Waals surface area contributed by atoms with E-state index in [0.29, 0.717) is 6.04 Å². The lowest BCUT2D eigenvalue weighted by molar-refractivity contribution is 0.181. The number of hydrogen-bond acceptors (Lipinski definition) is 2.